The first-order valence-electron chi connectivity index (χ1n) is 10.2. The fourth-order valence-corrected chi connectivity index (χ4v) is 3.67. The largest absolute Gasteiger partial charge is 0.496 e. The lowest BCUT2D eigenvalue weighted by molar-refractivity contribution is -0.137. The standard InChI is InChI=1S/C26H23FN2O3/c1-16-8-13-20(14-17(16)2)28-24-23(21-6-4-5-7-22(21)32-3)25(30)29(26(24)31)15-18-9-11-19(27)12-10-18/h4-14,28H,15H2,1-3H3. The van der Waals surface area contributed by atoms with Crippen LogP contribution in [0.25, 0.3) is 5.57 Å². The van der Waals surface area contributed by atoms with E-state index in [0.717, 1.165) is 11.1 Å². The number of benzene rings is 3. The van der Waals surface area contributed by atoms with Crippen molar-refractivity contribution in [3.63, 3.8) is 0 Å². The van der Waals surface area contributed by atoms with Gasteiger partial charge in [-0.15, -0.1) is 0 Å². The molecule has 32 heavy (non-hydrogen) atoms. The van der Waals surface area contributed by atoms with Crippen LogP contribution in [0.4, 0.5) is 10.1 Å². The molecule has 4 rings (SSSR count). The van der Waals surface area contributed by atoms with Gasteiger partial charge in [0.2, 0.25) is 0 Å². The zero-order valence-electron chi connectivity index (χ0n) is 18.1. The second kappa shape index (κ2) is 8.67. The third kappa shape index (κ3) is 3.99. The molecule has 0 bridgehead atoms. The van der Waals surface area contributed by atoms with E-state index in [1.165, 1.54) is 24.1 Å². The number of nitrogens with zero attached hydrogens (tertiary/aromatic N) is 1. The van der Waals surface area contributed by atoms with Crippen molar-refractivity contribution in [2.24, 2.45) is 0 Å². The smallest absolute Gasteiger partial charge is 0.278 e. The zero-order valence-corrected chi connectivity index (χ0v) is 18.1. The third-order valence-electron chi connectivity index (χ3n) is 5.57. The predicted molar refractivity (Wildman–Crippen MR) is 121 cm³/mol. The van der Waals surface area contributed by atoms with Crippen LogP contribution in [-0.4, -0.2) is 23.8 Å². The molecule has 3 aromatic rings. The Morgan fingerprint density at radius 3 is 2.31 bits per heavy atom. The minimum absolute atomic E-state index is 0.0364. The first-order chi connectivity index (χ1) is 15.4. The number of halogens is 1. The molecule has 1 aliphatic heterocycles. The molecular formula is C26H23FN2O3. The van der Waals surface area contributed by atoms with E-state index in [0.29, 0.717) is 22.6 Å². The third-order valence-corrected chi connectivity index (χ3v) is 5.57. The molecule has 2 amide bonds. The van der Waals surface area contributed by atoms with Crippen molar-refractivity contribution >= 4 is 23.1 Å². The Morgan fingerprint density at radius 1 is 0.906 bits per heavy atom. The highest BCUT2D eigenvalue weighted by atomic mass is 19.1. The van der Waals surface area contributed by atoms with Crippen LogP contribution < -0.4 is 10.1 Å². The Balaban J connectivity index is 1.78. The maximum absolute atomic E-state index is 13.5. The van der Waals surface area contributed by atoms with Crippen LogP contribution in [-0.2, 0) is 16.1 Å². The van der Waals surface area contributed by atoms with E-state index in [1.807, 2.05) is 32.0 Å². The molecule has 0 atom stereocenters. The van der Waals surface area contributed by atoms with Crippen molar-refractivity contribution in [1.82, 2.24) is 4.90 Å². The zero-order chi connectivity index (χ0) is 22.8. The maximum atomic E-state index is 13.5. The van der Waals surface area contributed by atoms with Gasteiger partial charge in [-0.05, 0) is 60.9 Å². The van der Waals surface area contributed by atoms with Gasteiger partial charge in [0, 0.05) is 11.3 Å². The van der Waals surface area contributed by atoms with Gasteiger partial charge in [0.25, 0.3) is 11.8 Å². The van der Waals surface area contributed by atoms with Crippen molar-refractivity contribution < 1.29 is 18.7 Å². The predicted octanol–water partition coefficient (Wildman–Crippen LogP) is 4.84. The summed E-state index contributed by atoms with van der Waals surface area (Å²) in [6.45, 7) is 4.03. The number of hydrogen-bond donors (Lipinski definition) is 1. The molecule has 0 fully saturated rings. The molecule has 5 nitrogen and oxygen atoms in total. The van der Waals surface area contributed by atoms with Crippen LogP contribution in [0.5, 0.6) is 5.75 Å². The molecule has 0 radical (unpaired) electrons. The Kier molecular flexibility index (Phi) is 5.77. The summed E-state index contributed by atoms with van der Waals surface area (Å²) in [5.74, 6) is -0.766. The average molecular weight is 430 g/mol. The number of nitrogens with one attached hydrogen (secondary N) is 1. The summed E-state index contributed by atoms with van der Waals surface area (Å²) in [7, 11) is 1.52. The van der Waals surface area contributed by atoms with Gasteiger partial charge in [-0.25, -0.2) is 4.39 Å². The van der Waals surface area contributed by atoms with E-state index in [4.69, 9.17) is 4.74 Å². The Bertz CT molecular complexity index is 1230. The van der Waals surface area contributed by atoms with Gasteiger partial charge >= 0.3 is 0 Å². The molecular weight excluding hydrogens is 407 g/mol. The Morgan fingerprint density at radius 2 is 1.62 bits per heavy atom. The highest BCUT2D eigenvalue weighted by Crippen LogP contribution is 2.36. The lowest BCUT2D eigenvalue weighted by atomic mass is 10.0. The van der Waals surface area contributed by atoms with Crippen LogP contribution in [0.1, 0.15) is 22.3 Å². The van der Waals surface area contributed by atoms with Gasteiger partial charge in [-0.3, -0.25) is 14.5 Å². The monoisotopic (exact) mass is 430 g/mol. The second-order valence-corrected chi connectivity index (χ2v) is 7.70. The SMILES string of the molecule is COc1ccccc1C1=C(Nc2ccc(C)c(C)c2)C(=O)N(Cc2ccc(F)cc2)C1=O. The van der Waals surface area contributed by atoms with Crippen LogP contribution in [0.15, 0.2) is 72.4 Å². The maximum Gasteiger partial charge on any atom is 0.278 e. The van der Waals surface area contributed by atoms with Gasteiger partial charge in [0.05, 0.1) is 19.2 Å². The molecule has 1 heterocycles. The van der Waals surface area contributed by atoms with Crippen molar-refractivity contribution in [2.75, 3.05) is 12.4 Å². The summed E-state index contributed by atoms with van der Waals surface area (Å²) in [6, 6.07) is 18.6. The van der Waals surface area contributed by atoms with E-state index in [9.17, 15) is 14.0 Å². The van der Waals surface area contributed by atoms with Crippen LogP contribution >= 0.6 is 0 Å². The number of rotatable bonds is 6. The summed E-state index contributed by atoms with van der Waals surface area (Å²) in [5.41, 5.74) is 4.51. The molecule has 0 unspecified atom stereocenters. The van der Waals surface area contributed by atoms with Crippen LogP contribution in [0.3, 0.4) is 0 Å². The number of carbonyl (C=O) groups is 2. The fraction of sp³-hybridized carbons (Fsp3) is 0.154. The number of amides is 2. The second-order valence-electron chi connectivity index (χ2n) is 7.70. The topological polar surface area (TPSA) is 58.6 Å². The lowest BCUT2D eigenvalue weighted by Crippen LogP contribution is -2.32. The quantitative estimate of drug-likeness (QED) is 0.569. The highest BCUT2D eigenvalue weighted by Gasteiger charge is 2.40. The number of imide groups is 1. The number of anilines is 1. The number of para-hydroxylation sites is 1. The van der Waals surface area contributed by atoms with E-state index in [-0.39, 0.29) is 23.6 Å². The average Bonchev–Trinajstić information content (AvgIpc) is 3.01. The summed E-state index contributed by atoms with van der Waals surface area (Å²) in [6.07, 6.45) is 0. The van der Waals surface area contributed by atoms with E-state index >= 15 is 0 Å². The Labute approximate surface area is 186 Å². The van der Waals surface area contributed by atoms with E-state index in [1.54, 1.807) is 36.4 Å². The van der Waals surface area contributed by atoms with Gasteiger partial charge < -0.3 is 10.1 Å². The number of hydrogen-bond acceptors (Lipinski definition) is 4. The molecule has 162 valence electrons. The van der Waals surface area contributed by atoms with Gasteiger partial charge in [0.1, 0.15) is 17.3 Å². The molecule has 0 saturated heterocycles. The minimum atomic E-state index is -0.446. The normalized spacial score (nSPS) is 13.7. The van der Waals surface area contributed by atoms with E-state index in [2.05, 4.69) is 5.32 Å². The highest BCUT2D eigenvalue weighted by molar-refractivity contribution is 6.36. The van der Waals surface area contributed by atoms with Crippen molar-refractivity contribution in [2.45, 2.75) is 20.4 Å². The Hall–Kier alpha value is -3.93. The lowest BCUT2D eigenvalue weighted by Gasteiger charge is -2.16. The summed E-state index contributed by atoms with van der Waals surface area (Å²) >= 11 is 0. The summed E-state index contributed by atoms with van der Waals surface area (Å²) in [4.78, 5) is 28.0. The number of aryl methyl sites for hydroxylation is 2. The van der Waals surface area contributed by atoms with Crippen LogP contribution in [0.2, 0.25) is 0 Å². The summed E-state index contributed by atoms with van der Waals surface area (Å²) < 4.78 is 18.8. The molecule has 0 saturated carbocycles. The number of methoxy groups -OCH3 is 1. The van der Waals surface area contributed by atoms with Crippen molar-refractivity contribution in [1.29, 1.82) is 0 Å². The molecule has 6 heteroatoms. The molecule has 1 aliphatic rings. The fourth-order valence-electron chi connectivity index (χ4n) is 3.67. The molecule has 3 aromatic carbocycles. The molecule has 0 aromatic heterocycles. The minimum Gasteiger partial charge on any atom is -0.496 e. The first-order valence-corrected chi connectivity index (χ1v) is 10.2. The molecule has 1 N–H and O–H groups in total. The molecule has 0 aliphatic carbocycles. The number of ether oxygens (including phenoxy) is 1. The molecule has 0 spiro atoms. The van der Waals surface area contributed by atoms with Crippen molar-refractivity contribution in [3.8, 4) is 5.75 Å². The number of carbonyl (C=O) groups excluding carboxylic acids is 2. The van der Waals surface area contributed by atoms with Gasteiger partial charge in [0.15, 0.2) is 0 Å². The summed E-state index contributed by atoms with van der Waals surface area (Å²) in [5, 5.41) is 3.17. The van der Waals surface area contributed by atoms with Gasteiger partial charge in [-0.1, -0.05) is 36.4 Å². The first kappa shape index (κ1) is 21.3. The van der Waals surface area contributed by atoms with Gasteiger partial charge in [-0.2, -0.15) is 0 Å². The van der Waals surface area contributed by atoms with Crippen molar-refractivity contribution in [3.05, 3.63) is 100 Å². The van der Waals surface area contributed by atoms with E-state index < -0.39 is 11.8 Å². The van der Waals surface area contributed by atoms with Crippen LogP contribution in [0, 0.1) is 19.7 Å².